The Hall–Kier alpha value is -1.25. The molecule has 0 radical (unpaired) electrons. The highest BCUT2D eigenvalue weighted by atomic mass is 31.2. The zero-order valence-electron chi connectivity index (χ0n) is 37.3. The maximum absolute atomic E-state index is 12.7. The summed E-state index contributed by atoms with van der Waals surface area (Å²) >= 11 is 0. The van der Waals surface area contributed by atoms with Gasteiger partial charge < -0.3 is 27.9 Å². The predicted molar refractivity (Wildman–Crippen MR) is 231 cm³/mol. The van der Waals surface area contributed by atoms with Crippen molar-refractivity contribution >= 4 is 19.8 Å². The molecule has 56 heavy (non-hydrogen) atoms. The first-order valence-electron chi connectivity index (χ1n) is 23.4. The molecule has 0 spiro atoms. The van der Waals surface area contributed by atoms with Crippen molar-refractivity contribution in [1.29, 1.82) is 0 Å². The van der Waals surface area contributed by atoms with Gasteiger partial charge in [-0.1, -0.05) is 180 Å². The van der Waals surface area contributed by atoms with Crippen LogP contribution in [-0.2, 0) is 32.7 Å². The molecule has 0 bridgehead atoms. The summed E-state index contributed by atoms with van der Waals surface area (Å²) in [6.45, 7) is 4.24. The maximum Gasteiger partial charge on any atom is 0.306 e. The number of likely N-dealkylation sites (N-methyl/N-ethyl adjacent to an activating group) is 1. The van der Waals surface area contributed by atoms with Crippen molar-refractivity contribution < 1.29 is 42.1 Å². The average Bonchev–Trinajstić information content (AvgIpc) is 3.15. The Morgan fingerprint density at radius 2 is 0.911 bits per heavy atom. The van der Waals surface area contributed by atoms with Crippen molar-refractivity contribution in [3.05, 3.63) is 12.2 Å². The van der Waals surface area contributed by atoms with Gasteiger partial charge in [-0.15, -0.1) is 0 Å². The van der Waals surface area contributed by atoms with Crippen LogP contribution < -0.4 is 4.89 Å². The second-order valence-electron chi connectivity index (χ2n) is 17.1. The van der Waals surface area contributed by atoms with Crippen LogP contribution in [0.3, 0.4) is 0 Å². The molecular formula is C46H90NO8P. The topological polar surface area (TPSA) is 111 Å². The summed E-state index contributed by atoms with van der Waals surface area (Å²) in [5.74, 6) is -0.833. The molecule has 2 atom stereocenters. The Morgan fingerprint density at radius 3 is 1.32 bits per heavy atom. The van der Waals surface area contributed by atoms with Crippen molar-refractivity contribution in [3.8, 4) is 0 Å². The quantitative estimate of drug-likeness (QED) is 0.0197. The van der Waals surface area contributed by atoms with Crippen LogP contribution in [0, 0.1) is 0 Å². The van der Waals surface area contributed by atoms with Crippen molar-refractivity contribution in [2.45, 2.75) is 225 Å². The second-order valence-corrected chi connectivity index (χ2v) is 18.5. The zero-order valence-corrected chi connectivity index (χ0v) is 38.2. The molecule has 0 saturated carbocycles. The van der Waals surface area contributed by atoms with E-state index in [9.17, 15) is 19.0 Å². The van der Waals surface area contributed by atoms with Gasteiger partial charge in [0, 0.05) is 12.8 Å². The average molecular weight is 816 g/mol. The van der Waals surface area contributed by atoms with Gasteiger partial charge in [-0.3, -0.25) is 14.2 Å². The maximum atomic E-state index is 12.7. The lowest BCUT2D eigenvalue weighted by Gasteiger charge is -2.28. The van der Waals surface area contributed by atoms with Crippen LogP contribution in [0.1, 0.15) is 219 Å². The number of nitrogens with zero attached hydrogens (tertiary/aromatic N) is 1. The number of phosphoric acid groups is 1. The summed E-state index contributed by atoms with van der Waals surface area (Å²) in [7, 11) is 1.17. The minimum atomic E-state index is -4.62. The number of carbonyl (C=O) groups excluding carboxylic acids is 2. The number of phosphoric ester groups is 1. The molecule has 0 aromatic carbocycles. The molecule has 10 heteroatoms. The van der Waals surface area contributed by atoms with Crippen LogP contribution in [0.5, 0.6) is 0 Å². The highest BCUT2D eigenvalue weighted by Crippen LogP contribution is 2.38. The minimum absolute atomic E-state index is 0.0292. The van der Waals surface area contributed by atoms with Gasteiger partial charge in [0.15, 0.2) is 6.10 Å². The van der Waals surface area contributed by atoms with E-state index in [0.717, 1.165) is 51.4 Å². The zero-order chi connectivity index (χ0) is 41.4. The second kappa shape index (κ2) is 39.2. The van der Waals surface area contributed by atoms with E-state index < -0.39 is 26.5 Å². The summed E-state index contributed by atoms with van der Waals surface area (Å²) in [5.41, 5.74) is 0. The van der Waals surface area contributed by atoms with Crippen LogP contribution in [0.2, 0.25) is 0 Å². The van der Waals surface area contributed by atoms with Gasteiger partial charge in [-0.2, -0.15) is 0 Å². The fraction of sp³-hybridized carbons (Fsp3) is 0.913. The molecule has 0 amide bonds. The number of hydrogen-bond acceptors (Lipinski definition) is 8. The molecule has 0 heterocycles. The van der Waals surface area contributed by atoms with Crippen LogP contribution >= 0.6 is 7.82 Å². The van der Waals surface area contributed by atoms with E-state index in [1.54, 1.807) is 0 Å². The first kappa shape index (κ1) is 54.8. The Bertz CT molecular complexity index is 969. The van der Waals surface area contributed by atoms with E-state index in [2.05, 4.69) is 26.0 Å². The molecule has 0 rings (SSSR count). The number of rotatable bonds is 43. The fourth-order valence-corrected chi connectivity index (χ4v) is 7.32. The van der Waals surface area contributed by atoms with Gasteiger partial charge in [0.05, 0.1) is 27.7 Å². The van der Waals surface area contributed by atoms with Crippen LogP contribution in [0.15, 0.2) is 12.2 Å². The van der Waals surface area contributed by atoms with Crippen LogP contribution in [0.25, 0.3) is 0 Å². The Labute approximate surface area is 346 Å². The molecular weight excluding hydrogens is 725 g/mol. The lowest BCUT2D eigenvalue weighted by atomic mass is 10.0. The fourth-order valence-electron chi connectivity index (χ4n) is 6.59. The third-order valence-corrected chi connectivity index (χ3v) is 11.2. The SMILES string of the molecule is CCCCCCC/C=C/CCCCCCCC(=O)O[C@@H](COC(=O)CCCCCCCCCCCCCCCCCCCC)COP(=O)([O-])OCC[N+](C)(C)C. The third kappa shape index (κ3) is 42.4. The first-order chi connectivity index (χ1) is 27.0. The lowest BCUT2D eigenvalue weighted by Crippen LogP contribution is -2.37. The largest absolute Gasteiger partial charge is 0.756 e. The summed E-state index contributed by atoms with van der Waals surface area (Å²) in [6, 6.07) is 0. The highest BCUT2D eigenvalue weighted by molar-refractivity contribution is 7.45. The number of esters is 2. The molecule has 0 aliphatic heterocycles. The Kier molecular flexibility index (Phi) is 38.3. The monoisotopic (exact) mass is 816 g/mol. The van der Waals surface area contributed by atoms with Gasteiger partial charge in [0.25, 0.3) is 7.82 Å². The molecule has 9 nitrogen and oxygen atoms in total. The molecule has 0 N–H and O–H groups in total. The molecule has 0 saturated heterocycles. The molecule has 0 fully saturated rings. The number of allylic oxidation sites excluding steroid dienone is 2. The van der Waals surface area contributed by atoms with Crippen LogP contribution in [-0.4, -0.2) is 70.0 Å². The number of unbranched alkanes of at least 4 members (excludes halogenated alkanes) is 27. The van der Waals surface area contributed by atoms with E-state index in [1.807, 2.05) is 21.1 Å². The van der Waals surface area contributed by atoms with E-state index >= 15 is 0 Å². The van der Waals surface area contributed by atoms with Gasteiger partial charge in [0.1, 0.15) is 19.8 Å². The van der Waals surface area contributed by atoms with E-state index in [-0.39, 0.29) is 32.0 Å². The summed E-state index contributed by atoms with van der Waals surface area (Å²) in [4.78, 5) is 37.6. The van der Waals surface area contributed by atoms with Crippen molar-refractivity contribution in [2.75, 3.05) is 47.5 Å². The van der Waals surface area contributed by atoms with Crippen molar-refractivity contribution in [3.63, 3.8) is 0 Å². The summed E-state index contributed by atoms with van der Waals surface area (Å²) in [6.07, 6.45) is 40.9. The van der Waals surface area contributed by atoms with Crippen molar-refractivity contribution in [1.82, 2.24) is 0 Å². The van der Waals surface area contributed by atoms with Gasteiger partial charge >= 0.3 is 11.9 Å². The lowest BCUT2D eigenvalue weighted by molar-refractivity contribution is -0.870. The number of ether oxygens (including phenoxy) is 2. The molecule has 0 aromatic rings. The Balaban J connectivity index is 4.28. The van der Waals surface area contributed by atoms with Gasteiger partial charge in [-0.25, -0.2) is 0 Å². The van der Waals surface area contributed by atoms with Gasteiger partial charge in [-0.05, 0) is 38.5 Å². The Morgan fingerprint density at radius 1 is 0.536 bits per heavy atom. The molecule has 0 aromatic heterocycles. The standard InChI is InChI=1S/C46H90NO8P/c1-6-8-10-12-14-16-18-20-22-23-24-25-27-28-30-32-34-36-38-45(48)52-42-44(43-54-56(50,51)53-41-40-47(3,4)5)55-46(49)39-37-35-33-31-29-26-21-19-17-15-13-11-9-7-2/h19,21,44H,6-18,20,22-43H2,1-5H3/b21-19+/t44-/m0/s1. The highest BCUT2D eigenvalue weighted by Gasteiger charge is 2.21. The number of quaternary nitrogens is 1. The molecule has 0 aliphatic carbocycles. The molecule has 1 unspecified atom stereocenters. The van der Waals surface area contributed by atoms with E-state index in [4.69, 9.17) is 18.5 Å². The van der Waals surface area contributed by atoms with Crippen LogP contribution in [0.4, 0.5) is 0 Å². The van der Waals surface area contributed by atoms with E-state index in [1.165, 1.54) is 135 Å². The summed E-state index contributed by atoms with van der Waals surface area (Å²) in [5, 5.41) is 0. The number of carbonyl (C=O) groups is 2. The first-order valence-corrected chi connectivity index (χ1v) is 24.9. The third-order valence-electron chi connectivity index (χ3n) is 10.3. The van der Waals surface area contributed by atoms with E-state index in [0.29, 0.717) is 17.4 Å². The smallest absolute Gasteiger partial charge is 0.306 e. The molecule has 332 valence electrons. The normalized spacial score (nSPS) is 13.6. The predicted octanol–water partition coefficient (Wildman–Crippen LogP) is 12.7. The summed E-state index contributed by atoms with van der Waals surface area (Å²) < 4.78 is 33.9. The number of hydrogen-bond donors (Lipinski definition) is 0. The van der Waals surface area contributed by atoms with Crippen molar-refractivity contribution in [2.24, 2.45) is 0 Å². The minimum Gasteiger partial charge on any atom is -0.756 e. The van der Waals surface area contributed by atoms with Gasteiger partial charge in [0.2, 0.25) is 0 Å². The molecule has 0 aliphatic rings.